The summed E-state index contributed by atoms with van der Waals surface area (Å²) >= 11 is 1.34. The average Bonchev–Trinajstić information content (AvgIpc) is 3.20. The Kier molecular flexibility index (Phi) is 4.09. The topological polar surface area (TPSA) is 85.8 Å². The number of carbonyl (C=O) groups is 1. The summed E-state index contributed by atoms with van der Waals surface area (Å²) in [6, 6.07) is 1.77. The number of rotatable bonds is 5. The Balaban J connectivity index is 1.79. The molecule has 0 radical (unpaired) electrons. The van der Waals surface area contributed by atoms with Crippen molar-refractivity contribution in [3.8, 4) is 0 Å². The quantitative estimate of drug-likeness (QED) is 0.758. The SMILES string of the molecule is O=C(O)c1cn(Cc2csc(Cn3cccn3)n2)nc1C(F)(F)F. The van der Waals surface area contributed by atoms with Crippen LogP contribution in [0.3, 0.4) is 0 Å². The van der Waals surface area contributed by atoms with Crippen LogP contribution >= 0.6 is 11.3 Å². The van der Waals surface area contributed by atoms with E-state index in [1.165, 1.54) is 11.3 Å². The number of halogens is 3. The van der Waals surface area contributed by atoms with Crippen LogP contribution in [0.25, 0.3) is 0 Å². The number of aromatic carboxylic acids is 1. The summed E-state index contributed by atoms with van der Waals surface area (Å²) in [5.74, 6) is -1.67. The third kappa shape index (κ3) is 3.45. The van der Waals surface area contributed by atoms with Gasteiger partial charge in [0.1, 0.15) is 10.6 Å². The van der Waals surface area contributed by atoms with Gasteiger partial charge in [0.15, 0.2) is 5.69 Å². The van der Waals surface area contributed by atoms with Gasteiger partial charge in [-0.3, -0.25) is 9.36 Å². The van der Waals surface area contributed by atoms with Crippen molar-refractivity contribution in [2.24, 2.45) is 0 Å². The molecule has 0 bridgehead atoms. The molecule has 0 spiro atoms. The van der Waals surface area contributed by atoms with Gasteiger partial charge in [0.2, 0.25) is 0 Å². The van der Waals surface area contributed by atoms with Gasteiger partial charge >= 0.3 is 12.1 Å². The van der Waals surface area contributed by atoms with Crippen molar-refractivity contribution in [2.45, 2.75) is 19.3 Å². The fourth-order valence-corrected chi connectivity index (χ4v) is 2.84. The molecule has 126 valence electrons. The van der Waals surface area contributed by atoms with E-state index in [1.807, 2.05) is 0 Å². The highest BCUT2D eigenvalue weighted by Gasteiger charge is 2.39. The zero-order valence-corrected chi connectivity index (χ0v) is 12.8. The van der Waals surface area contributed by atoms with Crippen LogP contribution in [-0.4, -0.2) is 35.6 Å². The molecule has 0 amide bonds. The Labute approximate surface area is 137 Å². The van der Waals surface area contributed by atoms with Gasteiger partial charge in [0, 0.05) is 24.0 Å². The van der Waals surface area contributed by atoms with Gasteiger partial charge in [-0.25, -0.2) is 9.78 Å². The number of nitrogens with zero attached hydrogens (tertiary/aromatic N) is 5. The highest BCUT2D eigenvalue weighted by molar-refractivity contribution is 7.09. The summed E-state index contributed by atoms with van der Waals surface area (Å²) in [5, 5.41) is 18.7. The van der Waals surface area contributed by atoms with Gasteiger partial charge in [0.25, 0.3) is 0 Å². The Morgan fingerprint density at radius 3 is 2.67 bits per heavy atom. The summed E-state index contributed by atoms with van der Waals surface area (Å²) in [6.07, 6.45) is -0.572. The minimum atomic E-state index is -4.83. The van der Waals surface area contributed by atoms with E-state index in [0.717, 1.165) is 15.9 Å². The highest BCUT2D eigenvalue weighted by atomic mass is 32.1. The second-order valence-corrected chi connectivity index (χ2v) is 5.77. The predicted molar refractivity (Wildman–Crippen MR) is 76.7 cm³/mol. The van der Waals surface area contributed by atoms with E-state index >= 15 is 0 Å². The maximum absolute atomic E-state index is 12.8. The van der Waals surface area contributed by atoms with Gasteiger partial charge in [-0.05, 0) is 6.07 Å². The van der Waals surface area contributed by atoms with Gasteiger partial charge in [0.05, 0.1) is 18.8 Å². The van der Waals surface area contributed by atoms with Crippen LogP contribution in [0, 0.1) is 0 Å². The molecule has 0 saturated heterocycles. The van der Waals surface area contributed by atoms with E-state index in [1.54, 1.807) is 28.5 Å². The Hall–Kier alpha value is -2.69. The van der Waals surface area contributed by atoms with Crippen LogP contribution in [0.4, 0.5) is 13.2 Å². The van der Waals surface area contributed by atoms with Gasteiger partial charge < -0.3 is 5.11 Å². The maximum atomic E-state index is 12.8. The van der Waals surface area contributed by atoms with Crippen molar-refractivity contribution in [1.29, 1.82) is 0 Å². The lowest BCUT2D eigenvalue weighted by Crippen LogP contribution is -2.12. The molecular formula is C13H10F3N5O2S. The standard InChI is InChI=1S/C13H10F3N5O2S/c14-13(15,16)11-9(12(22)23)5-21(19-11)4-8-7-24-10(18-8)6-20-3-1-2-17-20/h1-3,5,7H,4,6H2,(H,22,23). The lowest BCUT2D eigenvalue weighted by molar-refractivity contribution is -0.142. The normalized spacial score (nSPS) is 11.8. The van der Waals surface area contributed by atoms with Crippen molar-refractivity contribution in [2.75, 3.05) is 0 Å². The summed E-state index contributed by atoms with van der Waals surface area (Å²) in [5.41, 5.74) is -1.80. The van der Waals surface area contributed by atoms with Crippen LogP contribution in [0.15, 0.2) is 30.0 Å². The molecule has 11 heteroatoms. The first-order chi connectivity index (χ1) is 11.3. The van der Waals surface area contributed by atoms with Gasteiger partial charge in [-0.1, -0.05) is 0 Å². The monoisotopic (exact) mass is 357 g/mol. The zero-order chi connectivity index (χ0) is 17.3. The minimum Gasteiger partial charge on any atom is -0.478 e. The predicted octanol–water partition coefficient (Wildman–Crippen LogP) is 2.35. The van der Waals surface area contributed by atoms with E-state index < -0.39 is 23.4 Å². The maximum Gasteiger partial charge on any atom is 0.436 e. The first-order valence-corrected chi connectivity index (χ1v) is 7.49. The number of carboxylic acid groups (broad SMARTS) is 1. The van der Waals surface area contributed by atoms with E-state index in [9.17, 15) is 18.0 Å². The molecule has 0 atom stereocenters. The molecule has 0 aliphatic rings. The first-order valence-electron chi connectivity index (χ1n) is 6.61. The molecule has 0 aliphatic carbocycles. The van der Waals surface area contributed by atoms with E-state index in [0.29, 0.717) is 12.2 Å². The summed E-state index contributed by atoms with van der Waals surface area (Å²) < 4.78 is 41.0. The molecule has 3 heterocycles. The Morgan fingerprint density at radius 2 is 2.08 bits per heavy atom. The lowest BCUT2D eigenvalue weighted by atomic mass is 10.2. The average molecular weight is 357 g/mol. The largest absolute Gasteiger partial charge is 0.478 e. The Morgan fingerprint density at radius 1 is 1.29 bits per heavy atom. The smallest absolute Gasteiger partial charge is 0.436 e. The molecule has 3 rings (SSSR count). The lowest BCUT2D eigenvalue weighted by Gasteiger charge is -2.02. The summed E-state index contributed by atoms with van der Waals surface area (Å²) in [7, 11) is 0. The van der Waals surface area contributed by atoms with Crippen molar-refractivity contribution >= 4 is 17.3 Å². The van der Waals surface area contributed by atoms with Crippen LogP contribution in [-0.2, 0) is 19.3 Å². The highest BCUT2D eigenvalue weighted by Crippen LogP contribution is 2.30. The fraction of sp³-hybridized carbons (Fsp3) is 0.231. The first kappa shape index (κ1) is 16.2. The summed E-state index contributed by atoms with van der Waals surface area (Å²) in [4.78, 5) is 15.2. The number of hydrogen-bond acceptors (Lipinski definition) is 5. The molecule has 0 aliphatic heterocycles. The van der Waals surface area contributed by atoms with Crippen molar-refractivity contribution < 1.29 is 23.1 Å². The number of hydrogen-bond donors (Lipinski definition) is 1. The van der Waals surface area contributed by atoms with Crippen LogP contribution < -0.4 is 0 Å². The minimum absolute atomic E-state index is 0.0496. The molecule has 24 heavy (non-hydrogen) atoms. The molecular weight excluding hydrogens is 347 g/mol. The van der Waals surface area contributed by atoms with Crippen LogP contribution in [0.5, 0.6) is 0 Å². The fourth-order valence-electron chi connectivity index (χ4n) is 2.06. The van der Waals surface area contributed by atoms with Gasteiger partial charge in [-0.15, -0.1) is 11.3 Å². The molecule has 3 aromatic rings. The van der Waals surface area contributed by atoms with Crippen LogP contribution in [0.1, 0.15) is 26.8 Å². The van der Waals surface area contributed by atoms with E-state index in [4.69, 9.17) is 5.11 Å². The van der Waals surface area contributed by atoms with E-state index in [-0.39, 0.29) is 6.54 Å². The third-order valence-corrected chi connectivity index (χ3v) is 3.92. The number of carboxylic acids is 1. The molecule has 0 fully saturated rings. The van der Waals surface area contributed by atoms with Crippen molar-refractivity contribution in [3.05, 3.63) is 52.0 Å². The molecule has 0 aromatic carbocycles. The van der Waals surface area contributed by atoms with Gasteiger partial charge in [-0.2, -0.15) is 23.4 Å². The number of alkyl halides is 3. The molecule has 7 nitrogen and oxygen atoms in total. The second kappa shape index (κ2) is 6.07. The third-order valence-electron chi connectivity index (χ3n) is 3.04. The number of thiazole rings is 1. The molecule has 0 saturated carbocycles. The van der Waals surface area contributed by atoms with Crippen molar-refractivity contribution in [3.63, 3.8) is 0 Å². The molecule has 1 N–H and O–H groups in total. The van der Waals surface area contributed by atoms with Crippen molar-refractivity contribution in [1.82, 2.24) is 24.5 Å². The van der Waals surface area contributed by atoms with Crippen LogP contribution in [0.2, 0.25) is 0 Å². The molecule has 3 aromatic heterocycles. The van der Waals surface area contributed by atoms with E-state index in [2.05, 4.69) is 15.2 Å². The number of aromatic nitrogens is 5. The second-order valence-electron chi connectivity index (χ2n) is 4.83. The zero-order valence-electron chi connectivity index (χ0n) is 11.9. The molecule has 0 unspecified atom stereocenters. The Bertz CT molecular complexity index is 853. The summed E-state index contributed by atoms with van der Waals surface area (Å²) in [6.45, 7) is 0.400.